The van der Waals surface area contributed by atoms with E-state index in [1.54, 1.807) is 0 Å². The Hall–Kier alpha value is -1.82. The van der Waals surface area contributed by atoms with Crippen molar-refractivity contribution in [3.05, 3.63) is 30.1 Å². The fourth-order valence-electron chi connectivity index (χ4n) is 1.21. The van der Waals surface area contributed by atoms with Crippen LogP contribution in [0, 0.1) is 5.82 Å². The molecule has 0 aromatic carbocycles. The van der Waals surface area contributed by atoms with Crippen LogP contribution in [0.5, 0.6) is 0 Å². The molecule has 0 saturated carbocycles. The summed E-state index contributed by atoms with van der Waals surface area (Å²) in [5, 5.41) is 6.83. The monoisotopic (exact) mass is 222 g/mol. The van der Waals surface area contributed by atoms with Crippen LogP contribution < -0.4 is 5.32 Å². The SMILES string of the molecule is CCNCc1noc(-c2cncc(F)c2)n1. The zero-order chi connectivity index (χ0) is 11.4. The van der Waals surface area contributed by atoms with E-state index in [4.69, 9.17) is 4.52 Å². The molecule has 0 fully saturated rings. The molecule has 0 atom stereocenters. The Labute approximate surface area is 91.7 Å². The molecular weight excluding hydrogens is 211 g/mol. The van der Waals surface area contributed by atoms with Crippen LogP contribution in [0.2, 0.25) is 0 Å². The van der Waals surface area contributed by atoms with Gasteiger partial charge in [-0.1, -0.05) is 12.1 Å². The number of hydrogen-bond acceptors (Lipinski definition) is 5. The maximum Gasteiger partial charge on any atom is 0.259 e. The number of pyridine rings is 1. The van der Waals surface area contributed by atoms with Crippen LogP contribution in [0.25, 0.3) is 11.5 Å². The van der Waals surface area contributed by atoms with E-state index in [0.717, 1.165) is 12.7 Å². The summed E-state index contributed by atoms with van der Waals surface area (Å²) in [4.78, 5) is 7.83. The zero-order valence-corrected chi connectivity index (χ0v) is 8.77. The fourth-order valence-corrected chi connectivity index (χ4v) is 1.21. The molecule has 0 aliphatic heterocycles. The Bertz CT molecular complexity index is 471. The van der Waals surface area contributed by atoms with Crippen LogP contribution in [0.3, 0.4) is 0 Å². The van der Waals surface area contributed by atoms with Gasteiger partial charge in [-0.25, -0.2) is 4.39 Å². The predicted octanol–water partition coefficient (Wildman–Crippen LogP) is 1.38. The standard InChI is InChI=1S/C10H11FN4O/c1-2-12-6-9-14-10(16-15-9)7-3-8(11)5-13-4-7/h3-5,12H,2,6H2,1H3. The van der Waals surface area contributed by atoms with E-state index in [9.17, 15) is 4.39 Å². The highest BCUT2D eigenvalue weighted by Gasteiger charge is 2.09. The van der Waals surface area contributed by atoms with Gasteiger partial charge in [0.05, 0.1) is 18.3 Å². The summed E-state index contributed by atoms with van der Waals surface area (Å²) in [7, 11) is 0. The fraction of sp³-hybridized carbons (Fsp3) is 0.300. The van der Waals surface area contributed by atoms with Gasteiger partial charge in [-0.3, -0.25) is 4.98 Å². The summed E-state index contributed by atoms with van der Waals surface area (Å²) >= 11 is 0. The summed E-state index contributed by atoms with van der Waals surface area (Å²) in [6.07, 6.45) is 2.60. The van der Waals surface area contributed by atoms with Gasteiger partial charge in [-0.2, -0.15) is 4.98 Å². The lowest BCUT2D eigenvalue weighted by atomic mass is 10.3. The van der Waals surface area contributed by atoms with Crippen molar-refractivity contribution < 1.29 is 8.91 Å². The molecule has 2 aromatic rings. The summed E-state index contributed by atoms with van der Waals surface area (Å²) in [6.45, 7) is 3.34. The van der Waals surface area contributed by atoms with Crippen LogP contribution in [0.4, 0.5) is 4.39 Å². The summed E-state index contributed by atoms with van der Waals surface area (Å²) in [5.41, 5.74) is 0.482. The van der Waals surface area contributed by atoms with Crippen molar-refractivity contribution in [2.24, 2.45) is 0 Å². The predicted molar refractivity (Wildman–Crippen MR) is 54.9 cm³/mol. The van der Waals surface area contributed by atoms with Gasteiger partial charge in [0.15, 0.2) is 5.82 Å². The van der Waals surface area contributed by atoms with E-state index in [0.29, 0.717) is 17.9 Å². The Morgan fingerprint density at radius 1 is 1.44 bits per heavy atom. The third kappa shape index (κ3) is 2.40. The van der Waals surface area contributed by atoms with Gasteiger partial charge in [0, 0.05) is 6.20 Å². The first-order chi connectivity index (χ1) is 7.79. The molecule has 1 N–H and O–H groups in total. The summed E-state index contributed by atoms with van der Waals surface area (Å²) < 4.78 is 17.9. The van der Waals surface area contributed by atoms with Gasteiger partial charge in [0.2, 0.25) is 0 Å². The van der Waals surface area contributed by atoms with Crippen molar-refractivity contribution in [1.82, 2.24) is 20.4 Å². The van der Waals surface area contributed by atoms with E-state index >= 15 is 0 Å². The molecule has 0 spiro atoms. The van der Waals surface area contributed by atoms with Crippen LogP contribution in [0.15, 0.2) is 23.0 Å². The maximum atomic E-state index is 12.9. The third-order valence-corrected chi connectivity index (χ3v) is 1.95. The van der Waals surface area contributed by atoms with Crippen molar-refractivity contribution in [1.29, 1.82) is 0 Å². The number of hydrogen-bond donors (Lipinski definition) is 1. The molecule has 0 aliphatic carbocycles. The first-order valence-electron chi connectivity index (χ1n) is 4.94. The number of halogens is 1. The third-order valence-electron chi connectivity index (χ3n) is 1.95. The van der Waals surface area contributed by atoms with Gasteiger partial charge in [0.1, 0.15) is 5.82 Å². The second-order valence-corrected chi connectivity index (χ2v) is 3.19. The highest BCUT2D eigenvalue weighted by atomic mass is 19.1. The first kappa shape index (κ1) is 10.7. The van der Waals surface area contributed by atoms with Crippen LogP contribution in [-0.4, -0.2) is 21.7 Å². The molecule has 0 unspecified atom stereocenters. The smallest absolute Gasteiger partial charge is 0.259 e. The number of rotatable bonds is 4. The van der Waals surface area contributed by atoms with Gasteiger partial charge in [-0.05, 0) is 12.6 Å². The Balaban J connectivity index is 2.18. The van der Waals surface area contributed by atoms with Crippen LogP contribution in [0.1, 0.15) is 12.7 Å². The molecule has 0 aliphatic rings. The zero-order valence-electron chi connectivity index (χ0n) is 8.77. The number of nitrogens with one attached hydrogen (secondary N) is 1. The Morgan fingerprint density at radius 2 is 2.31 bits per heavy atom. The molecule has 0 radical (unpaired) electrons. The van der Waals surface area contributed by atoms with Gasteiger partial charge in [-0.15, -0.1) is 0 Å². The van der Waals surface area contributed by atoms with Crippen molar-refractivity contribution in [2.75, 3.05) is 6.54 Å². The van der Waals surface area contributed by atoms with E-state index in [1.807, 2.05) is 6.92 Å². The number of aromatic nitrogens is 3. The van der Waals surface area contributed by atoms with Gasteiger partial charge < -0.3 is 9.84 Å². The molecule has 2 heterocycles. The molecule has 0 amide bonds. The van der Waals surface area contributed by atoms with Crippen molar-refractivity contribution in [3.8, 4) is 11.5 Å². The Kier molecular flexibility index (Phi) is 3.21. The highest BCUT2D eigenvalue weighted by molar-refractivity contribution is 5.50. The average Bonchev–Trinajstić information content (AvgIpc) is 2.75. The van der Waals surface area contributed by atoms with Crippen molar-refractivity contribution in [2.45, 2.75) is 13.5 Å². The molecule has 0 bridgehead atoms. The van der Waals surface area contributed by atoms with E-state index in [2.05, 4.69) is 20.4 Å². The van der Waals surface area contributed by atoms with Gasteiger partial charge in [0.25, 0.3) is 5.89 Å². The average molecular weight is 222 g/mol. The summed E-state index contributed by atoms with van der Waals surface area (Å²) in [5.74, 6) is 0.393. The van der Waals surface area contributed by atoms with E-state index in [-0.39, 0.29) is 5.89 Å². The minimum Gasteiger partial charge on any atom is -0.334 e. The molecule has 16 heavy (non-hydrogen) atoms. The maximum absolute atomic E-state index is 12.9. The van der Waals surface area contributed by atoms with Crippen molar-refractivity contribution >= 4 is 0 Å². The lowest BCUT2D eigenvalue weighted by molar-refractivity contribution is 0.419. The molecule has 2 rings (SSSR count). The first-order valence-corrected chi connectivity index (χ1v) is 4.94. The lowest BCUT2D eigenvalue weighted by Crippen LogP contribution is -2.12. The number of nitrogens with zero attached hydrogens (tertiary/aromatic N) is 3. The quantitative estimate of drug-likeness (QED) is 0.846. The largest absolute Gasteiger partial charge is 0.334 e. The topological polar surface area (TPSA) is 63.8 Å². The lowest BCUT2D eigenvalue weighted by Gasteiger charge is -1.93. The second kappa shape index (κ2) is 4.80. The second-order valence-electron chi connectivity index (χ2n) is 3.19. The van der Waals surface area contributed by atoms with E-state index < -0.39 is 5.82 Å². The minimum atomic E-state index is -0.427. The molecular formula is C10H11FN4O. The highest BCUT2D eigenvalue weighted by Crippen LogP contribution is 2.16. The molecule has 5 nitrogen and oxygen atoms in total. The molecule has 2 aromatic heterocycles. The molecule has 84 valence electrons. The minimum absolute atomic E-state index is 0.278. The molecule has 0 saturated heterocycles. The van der Waals surface area contributed by atoms with Crippen LogP contribution in [-0.2, 0) is 6.54 Å². The van der Waals surface area contributed by atoms with Crippen molar-refractivity contribution in [3.63, 3.8) is 0 Å². The van der Waals surface area contributed by atoms with Gasteiger partial charge >= 0.3 is 0 Å². The Morgan fingerprint density at radius 3 is 3.06 bits per heavy atom. The molecule has 6 heteroatoms. The van der Waals surface area contributed by atoms with E-state index in [1.165, 1.54) is 12.3 Å². The summed E-state index contributed by atoms with van der Waals surface area (Å²) in [6, 6.07) is 1.30. The van der Waals surface area contributed by atoms with Crippen LogP contribution >= 0.6 is 0 Å². The normalized spacial score (nSPS) is 10.6.